The highest BCUT2D eigenvalue weighted by molar-refractivity contribution is 7.89. The van der Waals surface area contributed by atoms with Crippen molar-refractivity contribution in [3.05, 3.63) is 66.0 Å². The maximum atomic E-state index is 13.1. The van der Waals surface area contributed by atoms with Crippen LogP contribution in [-0.4, -0.2) is 73.9 Å². The third-order valence-corrected chi connectivity index (χ3v) is 7.21. The predicted molar refractivity (Wildman–Crippen MR) is 114 cm³/mol. The molecule has 3 rings (SSSR count). The lowest BCUT2D eigenvalue weighted by Crippen LogP contribution is -2.45. The fourth-order valence-corrected chi connectivity index (χ4v) is 5.11. The lowest BCUT2D eigenvalue weighted by atomic mass is 10.2. The second kappa shape index (κ2) is 10.6. The van der Waals surface area contributed by atoms with Gasteiger partial charge in [0.05, 0.1) is 11.4 Å². The van der Waals surface area contributed by atoms with Crippen LogP contribution < -0.4 is 0 Å². The van der Waals surface area contributed by atoms with Crippen LogP contribution in [0.2, 0.25) is 0 Å². The van der Waals surface area contributed by atoms with Gasteiger partial charge in [-0.2, -0.15) is 17.5 Å². The number of carbonyl (C=O) groups is 1. The van der Waals surface area contributed by atoms with Crippen LogP contribution in [0, 0.1) is 5.82 Å². The molecule has 0 atom stereocenters. The topological polar surface area (TPSA) is 60.9 Å². The Hall–Kier alpha value is -2.50. The molecule has 180 valence electrons. The Morgan fingerprint density at radius 3 is 2.24 bits per heavy atom. The van der Waals surface area contributed by atoms with Gasteiger partial charge < -0.3 is 4.90 Å². The van der Waals surface area contributed by atoms with Crippen LogP contribution in [0.25, 0.3) is 0 Å². The molecule has 0 saturated carbocycles. The molecule has 1 heterocycles. The van der Waals surface area contributed by atoms with Gasteiger partial charge in [0.15, 0.2) is 0 Å². The van der Waals surface area contributed by atoms with Gasteiger partial charge in [0, 0.05) is 26.2 Å². The average molecular weight is 488 g/mol. The molecular weight excluding hydrogens is 462 g/mol. The number of alkyl halides is 3. The van der Waals surface area contributed by atoms with Gasteiger partial charge in [-0.15, -0.1) is 0 Å². The second-order valence-corrected chi connectivity index (χ2v) is 9.78. The minimum atomic E-state index is -4.54. The number of hydrogen-bond acceptors (Lipinski definition) is 4. The maximum Gasteiger partial charge on any atom is 0.406 e. The summed E-state index contributed by atoms with van der Waals surface area (Å²) in [5, 5.41) is 0. The van der Waals surface area contributed by atoms with Gasteiger partial charge >= 0.3 is 6.18 Å². The molecule has 0 radical (unpaired) electrons. The van der Waals surface area contributed by atoms with Crippen LogP contribution in [0.5, 0.6) is 0 Å². The molecule has 1 saturated heterocycles. The van der Waals surface area contributed by atoms with Crippen molar-refractivity contribution in [1.82, 2.24) is 14.1 Å². The minimum Gasteiger partial charge on any atom is -0.328 e. The van der Waals surface area contributed by atoms with Crippen LogP contribution in [0.4, 0.5) is 17.6 Å². The first-order chi connectivity index (χ1) is 15.5. The molecule has 2 aromatic carbocycles. The first kappa shape index (κ1) is 25.1. The Bertz CT molecular complexity index is 1030. The Morgan fingerprint density at radius 2 is 1.61 bits per heavy atom. The number of hydrogen-bond donors (Lipinski definition) is 0. The average Bonchev–Trinajstić information content (AvgIpc) is 2.99. The number of benzene rings is 2. The molecule has 0 N–H and O–H groups in total. The van der Waals surface area contributed by atoms with E-state index in [0.717, 1.165) is 17.0 Å². The Morgan fingerprint density at radius 1 is 0.939 bits per heavy atom. The molecule has 0 bridgehead atoms. The van der Waals surface area contributed by atoms with Crippen molar-refractivity contribution in [3.8, 4) is 0 Å². The van der Waals surface area contributed by atoms with Gasteiger partial charge in [0.1, 0.15) is 12.4 Å². The van der Waals surface area contributed by atoms with E-state index in [9.17, 15) is 30.8 Å². The fourth-order valence-electron chi connectivity index (χ4n) is 3.65. The van der Waals surface area contributed by atoms with Crippen molar-refractivity contribution < 1.29 is 30.8 Å². The van der Waals surface area contributed by atoms with E-state index in [2.05, 4.69) is 0 Å². The molecule has 1 amide bonds. The van der Waals surface area contributed by atoms with E-state index >= 15 is 0 Å². The van der Waals surface area contributed by atoms with Crippen LogP contribution in [0.3, 0.4) is 0 Å². The predicted octanol–water partition coefficient (Wildman–Crippen LogP) is 3.11. The molecule has 0 spiro atoms. The smallest absolute Gasteiger partial charge is 0.328 e. The molecule has 1 fully saturated rings. The van der Waals surface area contributed by atoms with Crippen molar-refractivity contribution in [1.29, 1.82) is 0 Å². The van der Waals surface area contributed by atoms with Crippen LogP contribution in [-0.2, 0) is 21.4 Å². The van der Waals surface area contributed by atoms with Crippen molar-refractivity contribution in [2.45, 2.75) is 24.0 Å². The third kappa shape index (κ3) is 7.24. The monoisotopic (exact) mass is 487 g/mol. The van der Waals surface area contributed by atoms with E-state index in [1.165, 1.54) is 16.4 Å². The van der Waals surface area contributed by atoms with Gasteiger partial charge in [0.2, 0.25) is 15.9 Å². The zero-order chi connectivity index (χ0) is 24.1. The normalized spacial score (nSPS) is 16.4. The van der Waals surface area contributed by atoms with Crippen molar-refractivity contribution >= 4 is 15.9 Å². The molecule has 1 aliphatic rings. The summed E-state index contributed by atoms with van der Waals surface area (Å²) in [5.74, 6) is -1.22. The summed E-state index contributed by atoms with van der Waals surface area (Å²) < 4.78 is 79.3. The zero-order valence-electron chi connectivity index (χ0n) is 17.8. The van der Waals surface area contributed by atoms with Crippen molar-refractivity contribution in [2.24, 2.45) is 0 Å². The van der Waals surface area contributed by atoms with E-state index in [-0.39, 0.29) is 37.6 Å². The molecule has 1 aliphatic heterocycles. The molecule has 11 heteroatoms. The second-order valence-electron chi connectivity index (χ2n) is 7.84. The molecule has 33 heavy (non-hydrogen) atoms. The standard InChI is InChI=1S/C22H25F4N3O3S/c23-19-7-9-20(10-8-19)33(31,32)29-12-4-11-27(13-14-29)16-21(30)28(17-22(24,25)26)15-18-5-2-1-3-6-18/h1-3,5-10H,4,11-17H2. The van der Waals surface area contributed by atoms with Crippen molar-refractivity contribution in [2.75, 3.05) is 39.3 Å². The molecule has 0 aliphatic carbocycles. The number of halogens is 4. The molecule has 2 aromatic rings. The first-order valence-corrected chi connectivity index (χ1v) is 11.9. The van der Waals surface area contributed by atoms with Gasteiger partial charge in [-0.25, -0.2) is 12.8 Å². The molecule has 6 nitrogen and oxygen atoms in total. The summed E-state index contributed by atoms with van der Waals surface area (Å²) in [4.78, 5) is 15.2. The molecular formula is C22H25F4N3O3S. The Kier molecular flexibility index (Phi) is 8.09. The number of carbonyl (C=O) groups excluding carboxylic acids is 1. The summed E-state index contributed by atoms with van der Waals surface area (Å²) in [6.07, 6.45) is -4.13. The summed E-state index contributed by atoms with van der Waals surface area (Å²) in [6, 6.07) is 12.9. The fraction of sp³-hybridized carbons (Fsp3) is 0.409. The largest absolute Gasteiger partial charge is 0.406 e. The van der Waals surface area contributed by atoms with Gasteiger partial charge in [0.25, 0.3) is 0 Å². The van der Waals surface area contributed by atoms with Crippen molar-refractivity contribution in [3.63, 3.8) is 0 Å². The van der Waals surface area contributed by atoms with Crippen LogP contribution in [0.15, 0.2) is 59.5 Å². The number of amides is 1. The lowest BCUT2D eigenvalue weighted by molar-refractivity contribution is -0.163. The number of sulfonamides is 1. The minimum absolute atomic E-state index is 0.0346. The highest BCUT2D eigenvalue weighted by Gasteiger charge is 2.34. The van der Waals surface area contributed by atoms with E-state index in [1.807, 2.05) is 0 Å². The molecule has 0 unspecified atom stereocenters. The molecule has 0 aromatic heterocycles. The lowest BCUT2D eigenvalue weighted by Gasteiger charge is -2.27. The summed E-state index contributed by atoms with van der Waals surface area (Å²) >= 11 is 0. The highest BCUT2D eigenvalue weighted by Crippen LogP contribution is 2.20. The first-order valence-electron chi connectivity index (χ1n) is 10.4. The van der Waals surface area contributed by atoms with E-state index in [4.69, 9.17) is 0 Å². The quantitative estimate of drug-likeness (QED) is 0.564. The van der Waals surface area contributed by atoms with E-state index in [0.29, 0.717) is 18.5 Å². The van der Waals surface area contributed by atoms with Gasteiger partial charge in [-0.3, -0.25) is 9.69 Å². The van der Waals surface area contributed by atoms with Crippen LogP contribution in [0.1, 0.15) is 12.0 Å². The number of rotatable bonds is 7. The highest BCUT2D eigenvalue weighted by atomic mass is 32.2. The summed E-state index contributed by atoms with van der Waals surface area (Å²) in [6.45, 7) is -0.944. The summed E-state index contributed by atoms with van der Waals surface area (Å²) in [5.41, 5.74) is 0.586. The Balaban J connectivity index is 1.64. The maximum absolute atomic E-state index is 13.1. The zero-order valence-corrected chi connectivity index (χ0v) is 18.7. The van der Waals surface area contributed by atoms with E-state index in [1.54, 1.807) is 35.2 Å². The SMILES string of the molecule is O=C(CN1CCCN(S(=O)(=O)c2ccc(F)cc2)CC1)N(Cc1ccccc1)CC(F)(F)F. The van der Waals surface area contributed by atoms with Gasteiger partial charge in [-0.05, 0) is 42.8 Å². The number of nitrogens with zero attached hydrogens (tertiary/aromatic N) is 3. The van der Waals surface area contributed by atoms with E-state index < -0.39 is 34.5 Å². The van der Waals surface area contributed by atoms with Crippen LogP contribution >= 0.6 is 0 Å². The van der Waals surface area contributed by atoms with Gasteiger partial charge in [-0.1, -0.05) is 30.3 Å². The Labute approximate surface area is 190 Å². The summed E-state index contributed by atoms with van der Waals surface area (Å²) in [7, 11) is -3.84. The third-order valence-electron chi connectivity index (χ3n) is 5.30.